The van der Waals surface area contributed by atoms with Crippen LogP contribution in [0.2, 0.25) is 0 Å². The van der Waals surface area contributed by atoms with Crippen LogP contribution in [0.5, 0.6) is 5.75 Å². The minimum atomic E-state index is -1.49. The van der Waals surface area contributed by atoms with Crippen molar-refractivity contribution in [3.63, 3.8) is 0 Å². The van der Waals surface area contributed by atoms with Gasteiger partial charge in [-0.1, -0.05) is 6.07 Å². The van der Waals surface area contributed by atoms with Crippen LogP contribution in [0.15, 0.2) is 42.6 Å². The van der Waals surface area contributed by atoms with Crippen molar-refractivity contribution in [1.82, 2.24) is 4.98 Å². The number of nitrogens with one attached hydrogen (secondary N) is 1. The summed E-state index contributed by atoms with van der Waals surface area (Å²) in [5.41, 5.74) is -0.718. The van der Waals surface area contributed by atoms with Crippen molar-refractivity contribution in [2.75, 3.05) is 12.4 Å². The van der Waals surface area contributed by atoms with Gasteiger partial charge in [0.2, 0.25) is 0 Å². The lowest BCUT2D eigenvalue weighted by Gasteiger charge is -2.27. The summed E-state index contributed by atoms with van der Waals surface area (Å²) in [6, 6.07) is 9.40. The molecule has 5 nitrogen and oxygen atoms in total. The Morgan fingerprint density at radius 2 is 2.14 bits per heavy atom. The van der Waals surface area contributed by atoms with Gasteiger partial charge in [-0.15, -0.1) is 0 Å². The number of benzene rings is 1. The molecule has 21 heavy (non-hydrogen) atoms. The number of pyridine rings is 1. The van der Waals surface area contributed by atoms with Gasteiger partial charge in [0.15, 0.2) is 5.54 Å². The molecule has 0 bridgehead atoms. The van der Waals surface area contributed by atoms with Gasteiger partial charge in [0.25, 0.3) is 0 Å². The number of halogens is 1. The summed E-state index contributed by atoms with van der Waals surface area (Å²) in [4.78, 5) is 15.5. The number of ether oxygens (including phenoxy) is 1. The summed E-state index contributed by atoms with van der Waals surface area (Å²) in [6.45, 7) is 1.47. The minimum Gasteiger partial charge on any atom is -0.497 e. The lowest BCUT2D eigenvalue weighted by molar-refractivity contribution is -0.142. The van der Waals surface area contributed by atoms with Gasteiger partial charge in [-0.25, -0.2) is 9.18 Å². The SMILES string of the molecule is COc1cccc(NC(C)(C(=O)O)c2ccc(F)cn2)c1. The van der Waals surface area contributed by atoms with Gasteiger partial charge in [-0.05, 0) is 31.2 Å². The van der Waals surface area contributed by atoms with Crippen LogP contribution in [0.1, 0.15) is 12.6 Å². The number of hydrogen-bond acceptors (Lipinski definition) is 4. The number of hydrogen-bond donors (Lipinski definition) is 2. The van der Waals surface area contributed by atoms with Crippen molar-refractivity contribution in [3.05, 3.63) is 54.1 Å². The van der Waals surface area contributed by atoms with Gasteiger partial charge in [-0.3, -0.25) is 4.98 Å². The van der Waals surface area contributed by atoms with Crippen LogP contribution in [-0.4, -0.2) is 23.2 Å². The maximum Gasteiger partial charge on any atom is 0.335 e. The van der Waals surface area contributed by atoms with Crippen LogP contribution in [0.3, 0.4) is 0 Å². The normalized spacial score (nSPS) is 13.3. The lowest BCUT2D eigenvalue weighted by Crippen LogP contribution is -2.41. The Labute approximate surface area is 121 Å². The third kappa shape index (κ3) is 3.10. The number of aliphatic carboxylic acids is 1. The first kappa shape index (κ1) is 14.8. The second kappa shape index (κ2) is 5.78. The van der Waals surface area contributed by atoms with Crippen molar-refractivity contribution in [3.8, 4) is 5.75 Å². The maximum atomic E-state index is 13.0. The molecule has 0 aliphatic heterocycles. The molecule has 1 aromatic carbocycles. The number of carbonyl (C=O) groups is 1. The zero-order valence-corrected chi connectivity index (χ0v) is 11.6. The first-order chi connectivity index (χ1) is 9.95. The molecule has 0 saturated heterocycles. The van der Waals surface area contributed by atoms with Crippen LogP contribution in [0.25, 0.3) is 0 Å². The van der Waals surface area contributed by atoms with Gasteiger partial charge < -0.3 is 15.2 Å². The van der Waals surface area contributed by atoms with Crippen LogP contribution >= 0.6 is 0 Å². The van der Waals surface area contributed by atoms with Crippen LogP contribution in [0, 0.1) is 5.82 Å². The summed E-state index contributed by atoms with van der Waals surface area (Å²) in [7, 11) is 1.52. The van der Waals surface area contributed by atoms with E-state index in [0.717, 1.165) is 6.20 Å². The Bertz CT molecular complexity index is 646. The smallest absolute Gasteiger partial charge is 0.335 e. The minimum absolute atomic E-state index is 0.208. The van der Waals surface area contributed by atoms with E-state index in [-0.39, 0.29) is 5.69 Å². The highest BCUT2D eigenvalue weighted by Gasteiger charge is 2.36. The molecule has 6 heteroatoms. The molecule has 0 radical (unpaired) electrons. The molecule has 2 rings (SSSR count). The van der Waals surface area contributed by atoms with E-state index in [1.807, 2.05) is 0 Å². The van der Waals surface area contributed by atoms with E-state index in [4.69, 9.17) is 4.74 Å². The highest BCUT2D eigenvalue weighted by molar-refractivity contribution is 5.83. The van der Waals surface area contributed by atoms with E-state index in [9.17, 15) is 14.3 Å². The summed E-state index contributed by atoms with van der Waals surface area (Å²) in [5.74, 6) is -1.04. The molecule has 1 heterocycles. The fraction of sp³-hybridized carbons (Fsp3) is 0.200. The third-order valence-corrected chi connectivity index (χ3v) is 3.13. The van der Waals surface area contributed by atoms with E-state index in [2.05, 4.69) is 10.3 Å². The predicted molar refractivity (Wildman–Crippen MR) is 75.8 cm³/mol. The molecule has 1 aromatic heterocycles. The number of aromatic nitrogens is 1. The number of rotatable bonds is 5. The number of methoxy groups -OCH3 is 1. The second-order valence-corrected chi connectivity index (χ2v) is 4.65. The van der Waals surface area contributed by atoms with Gasteiger partial charge in [0.05, 0.1) is 19.0 Å². The summed E-state index contributed by atoms with van der Waals surface area (Å²) < 4.78 is 18.1. The molecule has 0 aliphatic carbocycles. The van der Waals surface area contributed by atoms with Gasteiger partial charge >= 0.3 is 5.97 Å². The summed E-state index contributed by atoms with van der Waals surface area (Å²) in [5, 5.41) is 12.4. The summed E-state index contributed by atoms with van der Waals surface area (Å²) in [6.07, 6.45) is 0.990. The van der Waals surface area contributed by atoms with Crippen molar-refractivity contribution in [1.29, 1.82) is 0 Å². The quantitative estimate of drug-likeness (QED) is 0.885. The maximum absolute atomic E-state index is 13.0. The van der Waals surface area contributed by atoms with Gasteiger partial charge in [0.1, 0.15) is 11.6 Å². The Hall–Kier alpha value is -2.63. The van der Waals surface area contributed by atoms with Crippen LogP contribution < -0.4 is 10.1 Å². The fourth-order valence-corrected chi connectivity index (χ4v) is 1.89. The lowest BCUT2D eigenvalue weighted by atomic mass is 9.96. The zero-order chi connectivity index (χ0) is 15.5. The topological polar surface area (TPSA) is 71.5 Å². The number of nitrogens with zero attached hydrogens (tertiary/aromatic N) is 1. The Morgan fingerprint density at radius 1 is 1.38 bits per heavy atom. The molecule has 0 amide bonds. The third-order valence-electron chi connectivity index (χ3n) is 3.13. The van der Waals surface area contributed by atoms with E-state index in [0.29, 0.717) is 11.4 Å². The highest BCUT2D eigenvalue weighted by Crippen LogP contribution is 2.27. The van der Waals surface area contributed by atoms with E-state index < -0.39 is 17.3 Å². The second-order valence-electron chi connectivity index (χ2n) is 4.65. The molecule has 110 valence electrons. The first-order valence-corrected chi connectivity index (χ1v) is 6.23. The van der Waals surface area contributed by atoms with Crippen molar-refractivity contribution in [2.24, 2.45) is 0 Å². The molecule has 0 spiro atoms. The van der Waals surface area contributed by atoms with Crippen molar-refractivity contribution >= 4 is 11.7 Å². The Balaban J connectivity index is 2.38. The molecule has 1 atom stereocenters. The van der Waals surface area contributed by atoms with E-state index >= 15 is 0 Å². The van der Waals surface area contributed by atoms with Gasteiger partial charge in [0, 0.05) is 11.8 Å². The van der Waals surface area contributed by atoms with Crippen molar-refractivity contribution in [2.45, 2.75) is 12.5 Å². The first-order valence-electron chi connectivity index (χ1n) is 6.23. The average molecular weight is 290 g/mol. The molecular formula is C15H15FN2O3. The number of carboxylic acid groups (broad SMARTS) is 1. The Morgan fingerprint density at radius 3 is 2.71 bits per heavy atom. The zero-order valence-electron chi connectivity index (χ0n) is 11.6. The summed E-state index contributed by atoms with van der Waals surface area (Å²) >= 11 is 0. The fourth-order valence-electron chi connectivity index (χ4n) is 1.89. The molecule has 0 aliphatic rings. The largest absolute Gasteiger partial charge is 0.497 e. The Kier molecular flexibility index (Phi) is 4.07. The molecule has 0 fully saturated rings. The van der Waals surface area contributed by atoms with Crippen molar-refractivity contribution < 1.29 is 19.0 Å². The number of anilines is 1. The average Bonchev–Trinajstić information content (AvgIpc) is 2.47. The highest BCUT2D eigenvalue weighted by atomic mass is 19.1. The molecule has 1 unspecified atom stereocenters. The molecular weight excluding hydrogens is 275 g/mol. The number of carboxylic acids is 1. The van der Waals surface area contributed by atoms with Gasteiger partial charge in [-0.2, -0.15) is 0 Å². The van der Waals surface area contributed by atoms with Crippen LogP contribution in [-0.2, 0) is 10.3 Å². The van der Waals surface area contributed by atoms with E-state index in [1.165, 1.54) is 26.2 Å². The molecule has 2 N–H and O–H groups in total. The predicted octanol–water partition coefficient (Wildman–Crippen LogP) is 2.64. The molecule has 0 saturated carbocycles. The monoisotopic (exact) mass is 290 g/mol. The van der Waals surface area contributed by atoms with E-state index in [1.54, 1.807) is 24.3 Å². The van der Waals surface area contributed by atoms with Crippen LogP contribution in [0.4, 0.5) is 10.1 Å². The standard InChI is InChI=1S/C15H15FN2O3/c1-15(14(19)20,13-7-6-10(16)9-17-13)18-11-4-3-5-12(8-11)21-2/h3-9,18H,1-2H3,(H,19,20). The molecule has 2 aromatic rings.